The number of nitrogens with one attached hydrogen (secondary N) is 1. The van der Waals surface area contributed by atoms with Crippen LogP contribution in [-0.2, 0) is 13.2 Å². The van der Waals surface area contributed by atoms with Gasteiger partial charge >= 0.3 is 6.18 Å². The third-order valence-electron chi connectivity index (χ3n) is 6.31. The second-order valence-corrected chi connectivity index (χ2v) is 8.80. The predicted molar refractivity (Wildman–Crippen MR) is 128 cm³/mol. The van der Waals surface area contributed by atoms with E-state index in [9.17, 15) is 31.5 Å². The van der Waals surface area contributed by atoms with Crippen molar-refractivity contribution < 1.29 is 26.7 Å². The fraction of sp³-hybridized carbons (Fsp3) is 0.250. The van der Waals surface area contributed by atoms with Gasteiger partial charge in [0, 0.05) is 32.4 Å². The van der Waals surface area contributed by atoms with E-state index in [1.165, 1.54) is 19.2 Å². The Labute approximate surface area is 211 Å². The lowest BCUT2D eigenvalue weighted by Gasteiger charge is -2.22. The van der Waals surface area contributed by atoms with Crippen LogP contribution in [0.3, 0.4) is 0 Å². The van der Waals surface area contributed by atoms with Crippen molar-refractivity contribution in [1.29, 1.82) is 0 Å². The highest BCUT2D eigenvalue weighted by molar-refractivity contribution is 6.09. The number of amides is 1. The minimum Gasteiger partial charge on any atom is -0.366 e. The van der Waals surface area contributed by atoms with Gasteiger partial charge in [-0.3, -0.25) is 9.59 Å². The first-order chi connectivity index (χ1) is 18.0. The zero-order valence-electron chi connectivity index (χ0n) is 19.8. The Morgan fingerprint density at radius 3 is 2.45 bits per heavy atom. The van der Waals surface area contributed by atoms with Crippen molar-refractivity contribution >= 4 is 28.3 Å². The normalized spacial score (nSPS) is 15.9. The van der Waals surface area contributed by atoms with E-state index in [1.807, 2.05) is 0 Å². The summed E-state index contributed by atoms with van der Waals surface area (Å²) in [6, 6.07) is 6.57. The van der Waals surface area contributed by atoms with Crippen LogP contribution in [0.4, 0.5) is 33.3 Å². The minimum atomic E-state index is -4.72. The standard InChI is InChI=1S/C24H20F5N7O2/c1-34-17-6-5-16(20(35-10-8-12(30)11-35)18(17)33-23(34)24(27,28)29)32-21(37)13-7-9-31-36(22(13)38)19-14(25)3-2-4-15(19)26/h2-7,9,12H,8,10-11,30H2,1H3,(H,32,37). The molecular formula is C24H20F5N7O2. The van der Waals surface area contributed by atoms with E-state index in [2.05, 4.69) is 15.4 Å². The molecule has 0 spiro atoms. The average Bonchev–Trinajstić information content (AvgIpc) is 3.42. The number of halogens is 5. The van der Waals surface area contributed by atoms with E-state index in [1.54, 1.807) is 4.90 Å². The topological polar surface area (TPSA) is 111 Å². The molecule has 1 amide bonds. The maximum atomic E-state index is 14.3. The highest BCUT2D eigenvalue weighted by Gasteiger charge is 2.38. The van der Waals surface area contributed by atoms with E-state index < -0.39 is 46.4 Å². The van der Waals surface area contributed by atoms with Crippen LogP contribution in [0.2, 0.25) is 0 Å². The lowest BCUT2D eigenvalue weighted by Crippen LogP contribution is -2.31. The largest absolute Gasteiger partial charge is 0.449 e. The van der Waals surface area contributed by atoms with E-state index in [0.29, 0.717) is 24.2 Å². The number of alkyl halides is 3. The van der Waals surface area contributed by atoms with E-state index in [0.717, 1.165) is 35.0 Å². The second kappa shape index (κ2) is 9.20. The number of aromatic nitrogens is 4. The molecule has 4 aromatic rings. The van der Waals surface area contributed by atoms with Crippen molar-refractivity contribution in [3.63, 3.8) is 0 Å². The van der Waals surface area contributed by atoms with Gasteiger partial charge in [0.15, 0.2) is 11.6 Å². The third-order valence-corrected chi connectivity index (χ3v) is 6.31. The number of anilines is 2. The quantitative estimate of drug-likeness (QED) is 0.390. The maximum Gasteiger partial charge on any atom is 0.449 e. The van der Waals surface area contributed by atoms with Gasteiger partial charge in [-0.25, -0.2) is 13.8 Å². The molecule has 1 unspecified atom stereocenters. The number of nitrogens with zero attached hydrogens (tertiary/aromatic N) is 5. The molecule has 38 heavy (non-hydrogen) atoms. The molecule has 1 saturated heterocycles. The molecule has 3 N–H and O–H groups in total. The van der Waals surface area contributed by atoms with Crippen LogP contribution in [0.25, 0.3) is 16.7 Å². The molecule has 2 aromatic heterocycles. The number of rotatable bonds is 4. The van der Waals surface area contributed by atoms with Gasteiger partial charge in [0.1, 0.15) is 16.8 Å². The van der Waals surface area contributed by atoms with Gasteiger partial charge < -0.3 is 20.5 Å². The van der Waals surface area contributed by atoms with Crippen molar-refractivity contribution in [2.45, 2.75) is 18.6 Å². The Hall–Kier alpha value is -4.33. The molecule has 0 aliphatic carbocycles. The first-order valence-electron chi connectivity index (χ1n) is 11.4. The van der Waals surface area contributed by atoms with Crippen molar-refractivity contribution in [3.05, 3.63) is 76.0 Å². The zero-order valence-corrected chi connectivity index (χ0v) is 19.8. The Morgan fingerprint density at radius 2 is 1.82 bits per heavy atom. The number of carbonyl (C=O) groups excluding carboxylic acids is 1. The van der Waals surface area contributed by atoms with Gasteiger partial charge in [-0.2, -0.15) is 23.0 Å². The first-order valence-corrected chi connectivity index (χ1v) is 11.4. The minimum absolute atomic E-state index is 0.00714. The summed E-state index contributed by atoms with van der Waals surface area (Å²) < 4.78 is 70.6. The number of fused-ring (bicyclic) bond motifs is 1. The summed E-state index contributed by atoms with van der Waals surface area (Å²) in [6.45, 7) is 0.699. The van der Waals surface area contributed by atoms with Crippen LogP contribution in [0.5, 0.6) is 0 Å². The summed E-state index contributed by atoms with van der Waals surface area (Å²) in [5.41, 5.74) is 4.13. The lowest BCUT2D eigenvalue weighted by atomic mass is 10.2. The maximum absolute atomic E-state index is 14.3. The molecule has 3 heterocycles. The van der Waals surface area contributed by atoms with Crippen LogP contribution in [0.15, 0.2) is 47.4 Å². The van der Waals surface area contributed by atoms with Gasteiger partial charge in [0.2, 0.25) is 5.82 Å². The van der Waals surface area contributed by atoms with Crippen LogP contribution in [0, 0.1) is 11.6 Å². The molecule has 0 radical (unpaired) electrons. The molecular weight excluding hydrogens is 513 g/mol. The predicted octanol–water partition coefficient (Wildman–Crippen LogP) is 3.21. The van der Waals surface area contributed by atoms with Gasteiger partial charge in [0.25, 0.3) is 11.5 Å². The van der Waals surface area contributed by atoms with E-state index in [-0.39, 0.29) is 28.5 Å². The number of imidazole rings is 1. The summed E-state index contributed by atoms with van der Waals surface area (Å²) >= 11 is 0. The highest BCUT2D eigenvalue weighted by atomic mass is 19.4. The van der Waals surface area contributed by atoms with Gasteiger partial charge in [-0.15, -0.1) is 0 Å². The Morgan fingerprint density at radius 1 is 1.11 bits per heavy atom. The Kier molecular flexibility index (Phi) is 6.13. The summed E-state index contributed by atoms with van der Waals surface area (Å²) in [4.78, 5) is 31.7. The fourth-order valence-corrected chi connectivity index (χ4v) is 4.54. The van der Waals surface area contributed by atoms with E-state index in [4.69, 9.17) is 5.73 Å². The number of nitrogens with two attached hydrogens (primary N) is 1. The molecule has 198 valence electrons. The van der Waals surface area contributed by atoms with Crippen molar-refractivity contribution in [2.24, 2.45) is 12.8 Å². The van der Waals surface area contributed by atoms with Crippen LogP contribution in [-0.4, -0.2) is 44.4 Å². The SMILES string of the molecule is Cn1c(C(F)(F)F)nc2c(N3CCC(N)C3)c(NC(=O)c3ccnn(-c4c(F)cccc4F)c3=O)ccc21. The molecule has 0 saturated carbocycles. The summed E-state index contributed by atoms with van der Waals surface area (Å²) in [5, 5.41) is 6.23. The molecule has 14 heteroatoms. The number of hydrogen-bond donors (Lipinski definition) is 2. The summed E-state index contributed by atoms with van der Waals surface area (Å²) in [5.74, 6) is -4.21. The molecule has 0 bridgehead atoms. The van der Waals surface area contributed by atoms with Crippen molar-refractivity contribution in [3.8, 4) is 5.69 Å². The number of benzene rings is 2. The van der Waals surface area contributed by atoms with Gasteiger partial charge in [-0.1, -0.05) is 6.07 Å². The van der Waals surface area contributed by atoms with Crippen LogP contribution in [0.1, 0.15) is 22.6 Å². The number of carbonyl (C=O) groups is 1. The smallest absolute Gasteiger partial charge is 0.366 e. The van der Waals surface area contributed by atoms with Crippen molar-refractivity contribution in [2.75, 3.05) is 23.3 Å². The molecule has 1 aliphatic rings. The third kappa shape index (κ3) is 4.26. The highest BCUT2D eigenvalue weighted by Crippen LogP contribution is 2.39. The lowest BCUT2D eigenvalue weighted by molar-refractivity contribution is -0.146. The second-order valence-electron chi connectivity index (χ2n) is 8.80. The van der Waals surface area contributed by atoms with Crippen LogP contribution >= 0.6 is 0 Å². The fourth-order valence-electron chi connectivity index (χ4n) is 4.54. The monoisotopic (exact) mass is 533 g/mol. The van der Waals surface area contributed by atoms with E-state index >= 15 is 0 Å². The Balaban J connectivity index is 1.60. The van der Waals surface area contributed by atoms with Crippen molar-refractivity contribution in [1.82, 2.24) is 19.3 Å². The summed E-state index contributed by atoms with van der Waals surface area (Å²) in [6.07, 6.45) is -3.13. The molecule has 1 fully saturated rings. The summed E-state index contributed by atoms with van der Waals surface area (Å²) in [7, 11) is 1.23. The van der Waals surface area contributed by atoms with Gasteiger partial charge in [0.05, 0.1) is 16.9 Å². The van der Waals surface area contributed by atoms with Crippen LogP contribution < -0.4 is 21.5 Å². The number of hydrogen-bond acceptors (Lipinski definition) is 6. The molecule has 1 atom stereocenters. The van der Waals surface area contributed by atoms with Gasteiger partial charge in [-0.05, 0) is 36.8 Å². The molecule has 1 aliphatic heterocycles. The number of aryl methyl sites for hydroxylation is 1. The molecule has 5 rings (SSSR count). The molecule has 9 nitrogen and oxygen atoms in total. The first kappa shape index (κ1) is 25.3. The molecule has 2 aromatic carbocycles. The number of para-hydroxylation sites is 1. The average molecular weight is 533 g/mol. The zero-order chi connectivity index (χ0) is 27.4. The Bertz CT molecular complexity index is 1610.